The van der Waals surface area contributed by atoms with Gasteiger partial charge < -0.3 is 14.8 Å². The number of ketones is 1. The highest BCUT2D eigenvalue weighted by molar-refractivity contribution is 6.31. The first-order valence-electron chi connectivity index (χ1n) is 14.2. The number of carbonyl (C=O) groups is 3. The van der Waals surface area contributed by atoms with E-state index in [1.165, 1.54) is 18.1 Å². The summed E-state index contributed by atoms with van der Waals surface area (Å²) in [4.78, 5) is 48.1. The summed E-state index contributed by atoms with van der Waals surface area (Å²) < 4.78 is 1.96. The number of aromatic nitrogens is 2. The molecule has 0 spiro atoms. The molecule has 4 aliphatic rings. The molecule has 1 aromatic heterocycles. The Hall–Kier alpha value is -3.49. The van der Waals surface area contributed by atoms with Crippen LogP contribution in [0.25, 0.3) is 11.1 Å². The monoisotopic (exact) mass is 561 g/mol. The van der Waals surface area contributed by atoms with Crippen LogP contribution in [0.15, 0.2) is 48.5 Å². The summed E-state index contributed by atoms with van der Waals surface area (Å²) in [6.07, 6.45) is 4.35. The Labute approximate surface area is 240 Å². The van der Waals surface area contributed by atoms with Crippen molar-refractivity contribution in [3.8, 4) is 11.1 Å². The minimum absolute atomic E-state index is 0.0571. The fourth-order valence-electron chi connectivity index (χ4n) is 5.38. The maximum atomic E-state index is 14.0. The molecule has 9 heteroatoms. The van der Waals surface area contributed by atoms with Crippen molar-refractivity contribution in [1.29, 1.82) is 0 Å². The average molecular weight is 562 g/mol. The number of hydrogen-bond acceptors (Lipinski definition) is 5. The number of hydrogen-bond donors (Lipinski definition) is 1. The summed E-state index contributed by atoms with van der Waals surface area (Å²) in [6.45, 7) is 6.17. The van der Waals surface area contributed by atoms with Gasteiger partial charge in [0.05, 0.1) is 0 Å². The fraction of sp³-hybridized carbons (Fsp3) is 0.419. The van der Waals surface area contributed by atoms with Gasteiger partial charge in [-0.25, -0.2) is 4.98 Å². The Bertz CT molecular complexity index is 1380. The van der Waals surface area contributed by atoms with Gasteiger partial charge >= 0.3 is 0 Å². The van der Waals surface area contributed by atoms with E-state index < -0.39 is 6.04 Å². The number of imidazole rings is 1. The van der Waals surface area contributed by atoms with Crippen LogP contribution >= 0.6 is 11.6 Å². The maximum absolute atomic E-state index is 14.0. The lowest BCUT2D eigenvalue weighted by atomic mass is 9.95. The molecule has 0 radical (unpaired) electrons. The number of piperazine rings is 1. The van der Waals surface area contributed by atoms with Crippen molar-refractivity contribution in [2.24, 2.45) is 0 Å². The largest absolute Gasteiger partial charge is 0.325 e. The van der Waals surface area contributed by atoms with Crippen LogP contribution in [-0.2, 0) is 17.8 Å². The van der Waals surface area contributed by atoms with E-state index in [4.69, 9.17) is 16.6 Å². The topological polar surface area (TPSA) is 87.5 Å². The molecule has 2 aromatic rings. The van der Waals surface area contributed by atoms with Crippen molar-refractivity contribution in [2.75, 3.05) is 31.1 Å². The second-order valence-electron chi connectivity index (χ2n) is 10.5. The molecule has 40 heavy (non-hydrogen) atoms. The zero-order valence-corrected chi connectivity index (χ0v) is 23.9. The number of rotatable bonds is 7. The Kier molecular flexibility index (Phi) is 8.66. The van der Waals surface area contributed by atoms with Crippen molar-refractivity contribution in [2.45, 2.75) is 58.5 Å². The van der Waals surface area contributed by atoms with E-state index in [0.29, 0.717) is 54.8 Å². The number of fused-ring (bicyclic) bond motifs is 2. The van der Waals surface area contributed by atoms with Crippen molar-refractivity contribution in [3.63, 3.8) is 0 Å². The molecule has 0 bridgehead atoms. The van der Waals surface area contributed by atoms with Gasteiger partial charge in [-0.3, -0.25) is 19.3 Å². The van der Waals surface area contributed by atoms with Gasteiger partial charge in [0.2, 0.25) is 0 Å². The highest BCUT2D eigenvalue weighted by Gasteiger charge is 2.37. The van der Waals surface area contributed by atoms with Crippen molar-refractivity contribution in [1.82, 2.24) is 19.8 Å². The van der Waals surface area contributed by atoms with Crippen LogP contribution in [0.5, 0.6) is 0 Å². The van der Waals surface area contributed by atoms with Crippen molar-refractivity contribution in [3.05, 3.63) is 70.6 Å². The third-order valence-electron chi connectivity index (χ3n) is 7.76. The van der Waals surface area contributed by atoms with Gasteiger partial charge in [0.1, 0.15) is 11.9 Å². The second kappa shape index (κ2) is 12.4. The highest BCUT2D eigenvalue weighted by Crippen LogP contribution is 2.31. The molecule has 1 unspecified atom stereocenters. The molecule has 1 atom stereocenters. The zero-order chi connectivity index (χ0) is 28.2. The molecule has 6 rings (SSSR count). The minimum Gasteiger partial charge on any atom is -0.325 e. The lowest BCUT2D eigenvalue weighted by Crippen LogP contribution is -2.57. The highest BCUT2D eigenvalue weighted by atomic mass is 35.5. The Balaban J connectivity index is 0.000000467. The summed E-state index contributed by atoms with van der Waals surface area (Å²) >= 11 is 6.17. The van der Waals surface area contributed by atoms with Crippen LogP contribution in [0.4, 0.5) is 5.82 Å². The number of unbranched alkanes of at least 4 members (excludes halogenated alkanes) is 1. The summed E-state index contributed by atoms with van der Waals surface area (Å²) in [5, 5.41) is 3.68. The predicted octanol–water partition coefficient (Wildman–Crippen LogP) is 4.99. The number of nitrogens with zero attached hydrogens (tertiary/aromatic N) is 4. The summed E-state index contributed by atoms with van der Waals surface area (Å²) in [7, 11) is 0. The Morgan fingerprint density at radius 2 is 1.82 bits per heavy atom. The third-order valence-corrected chi connectivity index (χ3v) is 8.00. The maximum Gasteiger partial charge on any atom is 0.275 e. The number of halogens is 1. The predicted molar refractivity (Wildman–Crippen MR) is 157 cm³/mol. The molecular formula is C31H36ClN5O3. The summed E-state index contributed by atoms with van der Waals surface area (Å²) in [5.74, 6) is 0.681. The lowest BCUT2D eigenvalue weighted by Gasteiger charge is -2.35. The van der Waals surface area contributed by atoms with Crippen molar-refractivity contribution >= 4 is 35.0 Å². The first kappa shape index (κ1) is 28.1. The van der Waals surface area contributed by atoms with E-state index in [1.54, 1.807) is 34.1 Å². The number of amides is 2. The van der Waals surface area contributed by atoms with Crippen LogP contribution in [0.1, 0.15) is 66.2 Å². The second-order valence-corrected chi connectivity index (χ2v) is 11.0. The molecule has 3 heterocycles. The van der Waals surface area contributed by atoms with Gasteiger partial charge in [-0.05, 0) is 55.5 Å². The van der Waals surface area contributed by atoms with Gasteiger partial charge in [0, 0.05) is 49.7 Å². The van der Waals surface area contributed by atoms with Crippen LogP contribution in [0.2, 0.25) is 5.02 Å². The van der Waals surface area contributed by atoms with Gasteiger partial charge in [-0.1, -0.05) is 55.3 Å². The number of anilines is 1. The van der Waals surface area contributed by atoms with E-state index in [0.717, 1.165) is 37.9 Å². The minimum atomic E-state index is -0.531. The zero-order valence-electron chi connectivity index (χ0n) is 23.2. The first-order chi connectivity index (χ1) is 19.4. The molecule has 1 saturated heterocycles. The number of aryl methyl sites for hydroxylation is 1. The molecule has 2 amide bonds. The normalized spacial score (nSPS) is 16.9. The molecule has 2 aliphatic heterocycles. The van der Waals surface area contributed by atoms with Crippen LogP contribution in [-0.4, -0.2) is 64.3 Å². The van der Waals surface area contributed by atoms with E-state index in [1.807, 2.05) is 4.57 Å². The van der Waals surface area contributed by atoms with Crippen molar-refractivity contribution < 1.29 is 14.4 Å². The SMILES string of the molecule is CCCCN(C(=O)c1cccc(Cl)c1)c1nc2n(c1C(=O)N1CCNCC1C(C)=O)CCCC2.c1cc2ccc1-2. The summed E-state index contributed by atoms with van der Waals surface area (Å²) in [5.41, 5.74) is 3.72. The van der Waals surface area contributed by atoms with Gasteiger partial charge in [0.25, 0.3) is 11.8 Å². The summed E-state index contributed by atoms with van der Waals surface area (Å²) in [6, 6.07) is 14.8. The quantitative estimate of drug-likeness (QED) is 0.343. The van der Waals surface area contributed by atoms with Gasteiger partial charge in [-0.2, -0.15) is 0 Å². The van der Waals surface area contributed by atoms with E-state index in [-0.39, 0.29) is 17.6 Å². The molecule has 1 fully saturated rings. The van der Waals surface area contributed by atoms with E-state index >= 15 is 0 Å². The lowest BCUT2D eigenvalue weighted by molar-refractivity contribution is -0.121. The third kappa shape index (κ3) is 5.69. The van der Waals surface area contributed by atoms with E-state index in [2.05, 4.69) is 36.5 Å². The molecule has 8 nitrogen and oxygen atoms in total. The average Bonchev–Trinajstić information content (AvgIpc) is 3.34. The van der Waals surface area contributed by atoms with Gasteiger partial charge in [-0.15, -0.1) is 0 Å². The fourth-order valence-corrected chi connectivity index (χ4v) is 5.57. The van der Waals surface area contributed by atoms with Crippen LogP contribution in [0, 0.1) is 0 Å². The molecule has 210 valence electrons. The first-order valence-corrected chi connectivity index (χ1v) is 14.6. The smallest absolute Gasteiger partial charge is 0.275 e. The van der Waals surface area contributed by atoms with Crippen LogP contribution in [0.3, 0.4) is 0 Å². The standard InChI is InChI=1S/C25H32ClN5O3.C6H4/c1-3-4-12-31(24(33)18-8-7-9-19(26)15-18)23-22(30-13-6-5-10-21(30)28-23)25(34)29-14-11-27-16-20(29)17(2)32;1-2-6-4-3-5(1)6/h7-9,15,20,27H,3-6,10-14,16H2,1-2H3;1-4H. The molecular weight excluding hydrogens is 526 g/mol. The molecule has 0 saturated carbocycles. The van der Waals surface area contributed by atoms with Crippen LogP contribution < -0.4 is 10.2 Å². The number of Topliss-reactive ketones (excluding diaryl/α,β-unsaturated/α-hetero) is 1. The number of carbonyl (C=O) groups excluding carboxylic acids is 3. The van der Waals surface area contributed by atoms with E-state index in [9.17, 15) is 14.4 Å². The van der Waals surface area contributed by atoms with Gasteiger partial charge in [0.15, 0.2) is 17.3 Å². The molecule has 1 N–H and O–H groups in total. The molecule has 2 aliphatic carbocycles. The number of nitrogens with one attached hydrogen (secondary N) is 1. The number of benzene rings is 2. The molecule has 1 aromatic carbocycles. The Morgan fingerprint density at radius 1 is 1.07 bits per heavy atom. The Morgan fingerprint density at radius 3 is 2.45 bits per heavy atom.